The third-order valence-electron chi connectivity index (χ3n) is 6.39. The fourth-order valence-corrected chi connectivity index (χ4v) is 3.73. The fourth-order valence-electron chi connectivity index (χ4n) is 3.73. The van der Waals surface area contributed by atoms with Gasteiger partial charge in [-0.05, 0) is 0 Å². The van der Waals surface area contributed by atoms with E-state index in [1.807, 2.05) is 0 Å². The van der Waals surface area contributed by atoms with Crippen molar-refractivity contribution >= 4 is 0 Å². The molecule has 2 aliphatic carbocycles. The number of unbranched alkanes of at least 4 members (excludes halogenated alkanes) is 2. The van der Waals surface area contributed by atoms with Gasteiger partial charge in [-0.15, -0.1) is 13.8 Å². The Morgan fingerprint density at radius 3 is 1.11 bits per heavy atom. The summed E-state index contributed by atoms with van der Waals surface area (Å²) in [6, 6.07) is 0. The van der Waals surface area contributed by atoms with Crippen molar-refractivity contribution in [2.75, 3.05) is 0 Å². The van der Waals surface area contributed by atoms with Gasteiger partial charge in [-0.1, -0.05) is 105 Å². The van der Waals surface area contributed by atoms with Gasteiger partial charge in [0.05, 0.1) is 0 Å². The molecule has 148 valence electrons. The van der Waals surface area contributed by atoms with Crippen LogP contribution in [0.25, 0.3) is 0 Å². The van der Waals surface area contributed by atoms with Gasteiger partial charge in [0.25, 0.3) is 0 Å². The Morgan fingerprint density at radius 1 is 0.630 bits per heavy atom. The molecule has 0 spiro atoms. The van der Waals surface area contributed by atoms with Crippen LogP contribution in [0.1, 0.15) is 108 Å². The zero-order valence-electron chi connectivity index (χ0n) is 19.9. The first-order valence-electron chi connectivity index (χ1n) is 10.6. The minimum absolute atomic E-state index is 0. The predicted molar refractivity (Wildman–Crippen MR) is 117 cm³/mol. The van der Waals surface area contributed by atoms with E-state index in [2.05, 4.69) is 81.4 Å². The van der Waals surface area contributed by atoms with Gasteiger partial charge in [0.1, 0.15) is 0 Å². The van der Waals surface area contributed by atoms with Crippen LogP contribution in [0.15, 0.2) is 33.4 Å². The molecule has 0 saturated carbocycles. The van der Waals surface area contributed by atoms with Crippen molar-refractivity contribution < 1.29 is 19.5 Å². The zero-order chi connectivity index (χ0) is 20.1. The summed E-state index contributed by atoms with van der Waals surface area (Å²) in [6.07, 6.45) is 14.8. The molecule has 1 heteroatoms. The van der Waals surface area contributed by atoms with E-state index in [0.29, 0.717) is 0 Å². The van der Waals surface area contributed by atoms with E-state index in [4.69, 9.17) is 0 Å². The van der Waals surface area contributed by atoms with Gasteiger partial charge in [0.15, 0.2) is 0 Å². The quantitative estimate of drug-likeness (QED) is 0.298. The summed E-state index contributed by atoms with van der Waals surface area (Å²) >= 11 is 0. The molecule has 0 nitrogen and oxygen atoms in total. The van der Waals surface area contributed by atoms with Gasteiger partial charge in [0, 0.05) is 0 Å². The molecule has 0 aromatic rings. The largest absolute Gasteiger partial charge is 2.00 e. The normalized spacial score (nSPS) is 20.1. The Kier molecular flexibility index (Phi) is 10.8. The van der Waals surface area contributed by atoms with Crippen molar-refractivity contribution in [1.29, 1.82) is 0 Å². The zero-order valence-corrected chi connectivity index (χ0v) is 22.9. The van der Waals surface area contributed by atoms with Crippen molar-refractivity contribution in [3.8, 4) is 0 Å². The molecule has 2 rings (SSSR count). The molecule has 0 N–H and O–H groups in total. The van der Waals surface area contributed by atoms with Crippen LogP contribution < -0.4 is 0 Å². The SMILES string of the molecule is CCCCC1=[C-]C(C)(C)C(C)=C1C.CCCCC1=[C-]C(C)(C)C(C)=C1C.[Zn+2]. The maximum Gasteiger partial charge on any atom is 2.00 e. The monoisotopic (exact) mass is 418 g/mol. The topological polar surface area (TPSA) is 0 Å². The van der Waals surface area contributed by atoms with Crippen LogP contribution in [0, 0.1) is 23.0 Å². The molecule has 0 bridgehead atoms. The van der Waals surface area contributed by atoms with Crippen molar-refractivity contribution in [1.82, 2.24) is 0 Å². The second-order valence-corrected chi connectivity index (χ2v) is 9.16. The van der Waals surface area contributed by atoms with Crippen molar-refractivity contribution in [3.05, 3.63) is 45.6 Å². The molecule has 0 aliphatic heterocycles. The number of allylic oxidation sites excluding steroid dienone is 8. The van der Waals surface area contributed by atoms with Gasteiger partial charge in [-0.25, -0.2) is 11.1 Å². The molecule has 2 aliphatic rings. The Labute approximate surface area is 183 Å². The smallest absolute Gasteiger partial charge is 0.263 e. The molecular weight excluding hydrogens is 378 g/mol. The number of hydrogen-bond acceptors (Lipinski definition) is 0. The van der Waals surface area contributed by atoms with Crippen molar-refractivity contribution in [2.24, 2.45) is 10.8 Å². The van der Waals surface area contributed by atoms with Crippen LogP contribution in [-0.4, -0.2) is 0 Å². The van der Waals surface area contributed by atoms with E-state index in [0.717, 1.165) is 0 Å². The maximum atomic E-state index is 3.61. The summed E-state index contributed by atoms with van der Waals surface area (Å²) in [7, 11) is 0. The van der Waals surface area contributed by atoms with Gasteiger partial charge in [-0.3, -0.25) is 12.2 Å². The van der Waals surface area contributed by atoms with Gasteiger partial charge < -0.3 is 0 Å². The molecular formula is C26H42Zn. The van der Waals surface area contributed by atoms with E-state index in [1.165, 1.54) is 72.0 Å². The average molecular weight is 420 g/mol. The molecule has 0 unspecified atom stereocenters. The van der Waals surface area contributed by atoms with Crippen LogP contribution in [-0.2, 0) is 19.5 Å². The standard InChI is InChI=1S/2C13H21.Zn/c2*1-6-7-8-12-9-13(4,5)11(3)10(12)2;/h2*6-8H2,1-5H3;/q2*-1;+2. The molecule has 27 heavy (non-hydrogen) atoms. The van der Waals surface area contributed by atoms with Crippen molar-refractivity contribution in [3.63, 3.8) is 0 Å². The Bertz CT molecular complexity index is 565. The predicted octanol–water partition coefficient (Wildman–Crippen LogP) is 8.56. The van der Waals surface area contributed by atoms with E-state index < -0.39 is 0 Å². The third kappa shape index (κ3) is 6.85. The number of hydrogen-bond donors (Lipinski definition) is 0. The molecule has 0 fully saturated rings. The van der Waals surface area contributed by atoms with Crippen LogP contribution in [0.5, 0.6) is 0 Å². The first kappa shape index (κ1) is 26.6. The molecule has 0 aromatic carbocycles. The maximum absolute atomic E-state index is 3.61. The fraction of sp³-hybridized carbons (Fsp3) is 0.692. The Hall–Kier alpha value is -0.417. The van der Waals surface area contributed by atoms with Gasteiger partial charge >= 0.3 is 19.5 Å². The van der Waals surface area contributed by atoms with Crippen LogP contribution >= 0.6 is 0 Å². The second-order valence-electron chi connectivity index (χ2n) is 9.16. The first-order valence-corrected chi connectivity index (χ1v) is 10.6. The Balaban J connectivity index is 0.000000483. The van der Waals surface area contributed by atoms with E-state index in [1.54, 1.807) is 0 Å². The van der Waals surface area contributed by atoms with E-state index in [9.17, 15) is 0 Å². The molecule has 0 radical (unpaired) electrons. The van der Waals surface area contributed by atoms with E-state index in [-0.39, 0.29) is 30.3 Å². The summed E-state index contributed by atoms with van der Waals surface area (Å²) in [4.78, 5) is 0. The molecule has 0 saturated heterocycles. The second kappa shape index (κ2) is 10.9. The van der Waals surface area contributed by atoms with Gasteiger partial charge in [-0.2, -0.15) is 22.3 Å². The summed E-state index contributed by atoms with van der Waals surface area (Å²) in [5.74, 6) is 0. The minimum Gasteiger partial charge on any atom is -0.263 e. The average Bonchev–Trinajstić information content (AvgIpc) is 2.90. The van der Waals surface area contributed by atoms with Crippen LogP contribution in [0.3, 0.4) is 0 Å². The van der Waals surface area contributed by atoms with E-state index >= 15 is 0 Å². The summed E-state index contributed by atoms with van der Waals surface area (Å²) in [6.45, 7) is 22.5. The Morgan fingerprint density at radius 2 is 0.926 bits per heavy atom. The van der Waals surface area contributed by atoms with Crippen molar-refractivity contribution in [2.45, 2.75) is 108 Å². The first-order chi connectivity index (χ1) is 12.0. The summed E-state index contributed by atoms with van der Waals surface area (Å²) in [5.41, 5.74) is 9.27. The van der Waals surface area contributed by atoms with Crippen LogP contribution in [0.2, 0.25) is 0 Å². The molecule has 0 atom stereocenters. The number of rotatable bonds is 6. The minimum atomic E-state index is 0. The van der Waals surface area contributed by atoms with Crippen LogP contribution in [0.4, 0.5) is 0 Å². The molecule has 0 amide bonds. The molecule has 0 heterocycles. The third-order valence-corrected chi connectivity index (χ3v) is 6.39. The molecule has 0 aromatic heterocycles. The summed E-state index contributed by atoms with van der Waals surface area (Å²) in [5, 5.41) is 0. The summed E-state index contributed by atoms with van der Waals surface area (Å²) < 4.78 is 0. The van der Waals surface area contributed by atoms with Gasteiger partial charge in [0.2, 0.25) is 0 Å².